The van der Waals surface area contributed by atoms with Crippen molar-refractivity contribution in [2.75, 3.05) is 6.54 Å². The van der Waals surface area contributed by atoms with E-state index in [0.717, 1.165) is 25.3 Å². The van der Waals surface area contributed by atoms with Crippen LogP contribution in [0.3, 0.4) is 0 Å². The molecule has 0 bridgehead atoms. The quantitative estimate of drug-likeness (QED) is 0.733. The van der Waals surface area contributed by atoms with Gasteiger partial charge in [0, 0.05) is 39.0 Å². The molecule has 0 unspecified atom stereocenters. The topological polar surface area (TPSA) is 55.9 Å². The van der Waals surface area contributed by atoms with Crippen LogP contribution in [0, 0.1) is 0 Å². The predicted octanol–water partition coefficient (Wildman–Crippen LogP) is 0.740. The lowest BCUT2D eigenvalue weighted by Gasteiger charge is -1.99. The lowest BCUT2D eigenvalue weighted by atomic mass is 10.3. The van der Waals surface area contributed by atoms with E-state index in [-0.39, 0.29) is 0 Å². The lowest BCUT2D eigenvalue weighted by Crippen LogP contribution is -2.16. The molecule has 2 aromatic heterocycles. The van der Waals surface area contributed by atoms with Crippen LogP contribution in [0.25, 0.3) is 0 Å². The van der Waals surface area contributed by atoms with Crippen LogP contribution >= 0.6 is 0 Å². The van der Waals surface area contributed by atoms with Gasteiger partial charge in [-0.05, 0) is 11.6 Å². The first-order chi connectivity index (χ1) is 7.34. The average Bonchev–Trinajstić information content (AvgIpc) is 2.84. The Bertz CT molecular complexity index is 393. The van der Waals surface area contributed by atoms with E-state index in [0.29, 0.717) is 0 Å². The molecule has 80 valence electrons. The Morgan fingerprint density at radius 3 is 3.13 bits per heavy atom. The summed E-state index contributed by atoms with van der Waals surface area (Å²) in [4.78, 5) is 3.94. The summed E-state index contributed by atoms with van der Waals surface area (Å²) in [6, 6.07) is 2.10. The van der Waals surface area contributed by atoms with Crippen molar-refractivity contribution in [1.82, 2.24) is 20.0 Å². The zero-order valence-corrected chi connectivity index (χ0v) is 8.68. The monoisotopic (exact) mass is 206 g/mol. The molecule has 2 heterocycles. The van der Waals surface area contributed by atoms with E-state index in [1.54, 1.807) is 0 Å². The van der Waals surface area contributed by atoms with Gasteiger partial charge in [-0.15, -0.1) is 0 Å². The Hall–Kier alpha value is -1.62. The predicted molar refractivity (Wildman–Crippen MR) is 55.1 cm³/mol. The number of hydrogen-bond acceptors (Lipinski definition) is 4. The van der Waals surface area contributed by atoms with E-state index in [9.17, 15) is 0 Å². The van der Waals surface area contributed by atoms with E-state index < -0.39 is 0 Å². The van der Waals surface area contributed by atoms with Crippen LogP contribution in [-0.4, -0.2) is 21.3 Å². The molecule has 1 N–H and O–H groups in total. The van der Waals surface area contributed by atoms with Crippen molar-refractivity contribution < 1.29 is 4.52 Å². The first-order valence-corrected chi connectivity index (χ1v) is 4.91. The number of aromatic nitrogens is 3. The fraction of sp³-hybridized carbons (Fsp3) is 0.400. The van der Waals surface area contributed by atoms with Gasteiger partial charge in [0.25, 0.3) is 0 Å². The molecule has 5 nitrogen and oxygen atoms in total. The molecule has 2 aromatic rings. The third-order valence-corrected chi connectivity index (χ3v) is 2.15. The molecule has 0 aliphatic carbocycles. The highest BCUT2D eigenvalue weighted by Gasteiger charge is 1.98. The molecule has 0 amide bonds. The van der Waals surface area contributed by atoms with Crippen LogP contribution in [0.4, 0.5) is 0 Å². The smallest absolute Gasteiger partial charge is 0.213 e. The second-order valence-electron chi connectivity index (χ2n) is 3.46. The minimum Gasteiger partial charge on any atom is -0.357 e. The van der Waals surface area contributed by atoms with Crippen molar-refractivity contribution in [3.05, 3.63) is 36.2 Å². The summed E-state index contributed by atoms with van der Waals surface area (Å²) in [7, 11) is 2.02. The van der Waals surface area contributed by atoms with Gasteiger partial charge >= 0.3 is 0 Å². The summed E-state index contributed by atoms with van der Waals surface area (Å²) in [5.74, 6) is 0.746. The minimum atomic E-state index is 0.746. The van der Waals surface area contributed by atoms with Crippen molar-refractivity contribution in [3.8, 4) is 0 Å². The van der Waals surface area contributed by atoms with Crippen molar-refractivity contribution in [2.45, 2.75) is 13.0 Å². The fourth-order valence-corrected chi connectivity index (χ4v) is 1.40. The Morgan fingerprint density at radius 1 is 1.53 bits per heavy atom. The third-order valence-electron chi connectivity index (χ3n) is 2.15. The second-order valence-corrected chi connectivity index (χ2v) is 3.46. The van der Waals surface area contributed by atoms with Crippen LogP contribution in [0.1, 0.15) is 11.4 Å². The maximum Gasteiger partial charge on any atom is 0.213 e. The Kier molecular flexibility index (Phi) is 3.14. The van der Waals surface area contributed by atoms with Gasteiger partial charge in [-0.2, -0.15) is 4.98 Å². The SMILES string of the molecule is Cn1ccc(CNCCc2ncon2)c1. The van der Waals surface area contributed by atoms with Gasteiger partial charge < -0.3 is 14.4 Å². The van der Waals surface area contributed by atoms with Crippen LogP contribution in [0.5, 0.6) is 0 Å². The van der Waals surface area contributed by atoms with Gasteiger partial charge in [-0.3, -0.25) is 0 Å². The highest BCUT2D eigenvalue weighted by molar-refractivity contribution is 5.09. The molecule has 0 aliphatic rings. The van der Waals surface area contributed by atoms with Gasteiger partial charge in [0.1, 0.15) is 0 Å². The first-order valence-electron chi connectivity index (χ1n) is 4.91. The van der Waals surface area contributed by atoms with Crippen LogP contribution in [0.2, 0.25) is 0 Å². The summed E-state index contributed by atoms with van der Waals surface area (Å²) in [5.41, 5.74) is 1.28. The van der Waals surface area contributed by atoms with Crippen molar-refractivity contribution in [3.63, 3.8) is 0 Å². The van der Waals surface area contributed by atoms with Crippen molar-refractivity contribution >= 4 is 0 Å². The van der Waals surface area contributed by atoms with Crippen molar-refractivity contribution in [2.24, 2.45) is 7.05 Å². The van der Waals surface area contributed by atoms with Gasteiger partial charge in [0.05, 0.1) is 0 Å². The van der Waals surface area contributed by atoms with E-state index in [4.69, 9.17) is 0 Å². The zero-order valence-electron chi connectivity index (χ0n) is 8.68. The molecule has 0 atom stereocenters. The zero-order chi connectivity index (χ0) is 10.5. The average molecular weight is 206 g/mol. The number of nitrogens with one attached hydrogen (secondary N) is 1. The normalized spacial score (nSPS) is 10.7. The summed E-state index contributed by atoms with van der Waals surface area (Å²) >= 11 is 0. The van der Waals surface area contributed by atoms with Crippen LogP contribution < -0.4 is 5.32 Å². The van der Waals surface area contributed by atoms with Gasteiger partial charge in [-0.25, -0.2) is 0 Å². The summed E-state index contributed by atoms with van der Waals surface area (Å²) in [5, 5.41) is 7.05. The largest absolute Gasteiger partial charge is 0.357 e. The van der Waals surface area contributed by atoms with Crippen LogP contribution in [-0.2, 0) is 20.0 Å². The molecule has 0 spiro atoms. The maximum absolute atomic E-state index is 4.64. The molecule has 0 fully saturated rings. The first kappa shape index (κ1) is 9.92. The van der Waals surface area contributed by atoms with E-state index in [2.05, 4.69) is 32.2 Å². The molecular formula is C10H14N4O. The Morgan fingerprint density at radius 2 is 2.47 bits per heavy atom. The lowest BCUT2D eigenvalue weighted by molar-refractivity contribution is 0.409. The maximum atomic E-state index is 4.64. The summed E-state index contributed by atoms with van der Waals surface area (Å²) in [6.45, 7) is 1.73. The Labute approximate surface area is 88.1 Å². The molecule has 2 rings (SSSR count). The highest BCUT2D eigenvalue weighted by atomic mass is 16.5. The molecular weight excluding hydrogens is 192 g/mol. The van der Waals surface area contributed by atoms with Gasteiger partial charge in [-0.1, -0.05) is 5.16 Å². The molecule has 0 aliphatic heterocycles. The fourth-order valence-electron chi connectivity index (χ4n) is 1.40. The summed E-state index contributed by atoms with van der Waals surface area (Å²) in [6.07, 6.45) is 6.29. The van der Waals surface area contributed by atoms with Crippen LogP contribution in [0.15, 0.2) is 29.4 Å². The van der Waals surface area contributed by atoms with Gasteiger partial charge in [0.2, 0.25) is 6.39 Å². The molecule has 0 radical (unpaired) electrons. The van der Waals surface area contributed by atoms with Crippen molar-refractivity contribution in [1.29, 1.82) is 0 Å². The van der Waals surface area contributed by atoms with E-state index in [1.165, 1.54) is 12.0 Å². The third kappa shape index (κ3) is 2.92. The standard InChI is InChI=1S/C10H14N4O/c1-14-5-3-9(7-14)6-11-4-2-10-12-8-15-13-10/h3,5,7-8,11H,2,4,6H2,1H3. The molecule has 0 saturated carbocycles. The number of rotatable bonds is 5. The minimum absolute atomic E-state index is 0.746. The molecule has 0 aromatic carbocycles. The van der Waals surface area contributed by atoms with E-state index in [1.807, 2.05) is 17.8 Å². The number of aryl methyl sites for hydroxylation is 1. The second kappa shape index (κ2) is 4.75. The molecule has 5 heteroatoms. The van der Waals surface area contributed by atoms with E-state index >= 15 is 0 Å². The number of nitrogens with zero attached hydrogens (tertiary/aromatic N) is 3. The highest BCUT2D eigenvalue weighted by Crippen LogP contribution is 1.98. The van der Waals surface area contributed by atoms with Gasteiger partial charge in [0.15, 0.2) is 5.82 Å². The molecule has 0 saturated heterocycles. The summed E-state index contributed by atoms with van der Waals surface area (Å²) < 4.78 is 6.68. The number of hydrogen-bond donors (Lipinski definition) is 1. The molecule has 15 heavy (non-hydrogen) atoms. The Balaban J connectivity index is 1.67.